The molecule has 1 aromatic heterocycles. The average molecular weight is 406 g/mol. The number of nitrogens with one attached hydrogen (secondary N) is 2. The number of anilines is 1. The SMILES string of the molecule is CC(C)(C)c1cc2c(cc1NC(=O)c1c[nH]c3ccccc3c1=O)OC(O)C2(C)C. The minimum Gasteiger partial charge on any atom is -0.464 e. The van der Waals surface area contributed by atoms with Crippen molar-refractivity contribution in [3.63, 3.8) is 0 Å². The number of aliphatic hydroxyl groups excluding tert-OH is 1. The number of hydrogen-bond donors (Lipinski definition) is 3. The third-order valence-electron chi connectivity index (χ3n) is 5.76. The van der Waals surface area contributed by atoms with Gasteiger partial charge in [-0.05, 0) is 43.0 Å². The molecule has 30 heavy (non-hydrogen) atoms. The van der Waals surface area contributed by atoms with E-state index in [9.17, 15) is 14.7 Å². The molecule has 1 aliphatic rings. The highest BCUT2D eigenvalue weighted by molar-refractivity contribution is 6.06. The number of carbonyl (C=O) groups excluding carboxylic acids is 1. The molecule has 156 valence electrons. The molecule has 0 saturated carbocycles. The van der Waals surface area contributed by atoms with Crippen LogP contribution in [-0.4, -0.2) is 22.3 Å². The van der Waals surface area contributed by atoms with Gasteiger partial charge in [0.05, 0.1) is 5.41 Å². The van der Waals surface area contributed by atoms with Crippen LogP contribution < -0.4 is 15.5 Å². The minimum absolute atomic E-state index is 0.0374. The lowest BCUT2D eigenvalue weighted by Gasteiger charge is -2.26. The summed E-state index contributed by atoms with van der Waals surface area (Å²) in [7, 11) is 0. The maximum atomic E-state index is 13.0. The normalized spacial score (nSPS) is 17.5. The van der Waals surface area contributed by atoms with Gasteiger partial charge in [-0.2, -0.15) is 0 Å². The quantitative estimate of drug-likeness (QED) is 0.598. The zero-order valence-corrected chi connectivity index (χ0v) is 17.8. The summed E-state index contributed by atoms with van der Waals surface area (Å²) >= 11 is 0. The van der Waals surface area contributed by atoms with E-state index in [2.05, 4.69) is 10.3 Å². The van der Waals surface area contributed by atoms with Crippen molar-refractivity contribution in [1.29, 1.82) is 0 Å². The van der Waals surface area contributed by atoms with Crippen LogP contribution in [0.15, 0.2) is 47.4 Å². The molecule has 0 bridgehead atoms. The zero-order chi connectivity index (χ0) is 21.8. The lowest BCUT2D eigenvalue weighted by Crippen LogP contribution is -2.31. The van der Waals surface area contributed by atoms with Gasteiger partial charge in [0, 0.05) is 34.4 Å². The molecule has 1 aliphatic heterocycles. The number of rotatable bonds is 2. The highest BCUT2D eigenvalue weighted by atomic mass is 16.6. The van der Waals surface area contributed by atoms with Crippen LogP contribution in [0.2, 0.25) is 0 Å². The van der Waals surface area contributed by atoms with Gasteiger partial charge in [-0.3, -0.25) is 9.59 Å². The number of fused-ring (bicyclic) bond motifs is 2. The second kappa shape index (κ2) is 6.71. The fourth-order valence-electron chi connectivity index (χ4n) is 3.83. The van der Waals surface area contributed by atoms with Gasteiger partial charge >= 0.3 is 0 Å². The second-order valence-electron chi connectivity index (χ2n) is 9.37. The second-order valence-corrected chi connectivity index (χ2v) is 9.37. The highest BCUT2D eigenvalue weighted by Gasteiger charge is 2.42. The van der Waals surface area contributed by atoms with Gasteiger partial charge in [-0.15, -0.1) is 0 Å². The lowest BCUT2D eigenvalue weighted by atomic mass is 9.79. The molecule has 3 N–H and O–H groups in total. The Hall–Kier alpha value is -3.12. The van der Waals surface area contributed by atoms with Gasteiger partial charge in [-0.1, -0.05) is 32.9 Å². The molecule has 0 spiro atoms. The van der Waals surface area contributed by atoms with E-state index in [1.807, 2.05) is 46.8 Å². The van der Waals surface area contributed by atoms with Crippen LogP contribution >= 0.6 is 0 Å². The summed E-state index contributed by atoms with van der Waals surface area (Å²) in [6, 6.07) is 10.8. The number of carbonyl (C=O) groups is 1. The van der Waals surface area contributed by atoms with E-state index in [0.717, 1.165) is 11.1 Å². The van der Waals surface area contributed by atoms with E-state index >= 15 is 0 Å². The third kappa shape index (κ3) is 3.17. The van der Waals surface area contributed by atoms with Crippen molar-refractivity contribution in [3.05, 3.63) is 69.5 Å². The number of aromatic amines is 1. The monoisotopic (exact) mass is 406 g/mol. The summed E-state index contributed by atoms with van der Waals surface area (Å²) < 4.78 is 5.64. The van der Waals surface area contributed by atoms with Crippen LogP contribution in [0.3, 0.4) is 0 Å². The topological polar surface area (TPSA) is 91.4 Å². The summed E-state index contributed by atoms with van der Waals surface area (Å²) in [6.45, 7) is 9.98. The number of aliphatic hydroxyl groups is 1. The molecule has 1 amide bonds. The number of ether oxygens (including phenoxy) is 1. The first-order chi connectivity index (χ1) is 14.0. The van der Waals surface area contributed by atoms with Crippen molar-refractivity contribution in [2.45, 2.75) is 51.7 Å². The largest absolute Gasteiger partial charge is 0.464 e. The van der Waals surface area contributed by atoms with Gasteiger partial charge in [0.2, 0.25) is 11.7 Å². The first-order valence-corrected chi connectivity index (χ1v) is 9.95. The Morgan fingerprint density at radius 2 is 1.90 bits per heavy atom. The maximum Gasteiger partial charge on any atom is 0.261 e. The van der Waals surface area contributed by atoms with E-state index in [0.29, 0.717) is 22.3 Å². The van der Waals surface area contributed by atoms with Crippen LogP contribution in [0, 0.1) is 0 Å². The number of aromatic nitrogens is 1. The molecular weight excluding hydrogens is 380 g/mol. The van der Waals surface area contributed by atoms with Crippen LogP contribution in [0.4, 0.5) is 5.69 Å². The number of amides is 1. The number of hydrogen-bond acceptors (Lipinski definition) is 4. The maximum absolute atomic E-state index is 13.0. The Morgan fingerprint density at radius 1 is 1.20 bits per heavy atom. The molecule has 2 heterocycles. The first-order valence-electron chi connectivity index (χ1n) is 9.95. The Bertz CT molecular complexity index is 1220. The molecule has 6 nitrogen and oxygen atoms in total. The van der Waals surface area contributed by atoms with Crippen molar-refractivity contribution in [2.24, 2.45) is 0 Å². The predicted octanol–water partition coefficient (Wildman–Crippen LogP) is 4.07. The van der Waals surface area contributed by atoms with E-state index in [-0.39, 0.29) is 16.4 Å². The molecule has 3 aromatic rings. The minimum atomic E-state index is -0.963. The fraction of sp³-hybridized carbons (Fsp3) is 0.333. The number of para-hydroxylation sites is 1. The summed E-state index contributed by atoms with van der Waals surface area (Å²) in [4.78, 5) is 28.9. The molecule has 2 aromatic carbocycles. The molecule has 4 rings (SSSR count). The summed E-state index contributed by atoms with van der Waals surface area (Å²) in [5.41, 5.74) is 1.90. The highest BCUT2D eigenvalue weighted by Crippen LogP contribution is 2.46. The molecule has 0 aliphatic carbocycles. The Morgan fingerprint density at radius 3 is 2.60 bits per heavy atom. The van der Waals surface area contributed by atoms with Crippen LogP contribution in [0.5, 0.6) is 5.75 Å². The summed E-state index contributed by atoms with van der Waals surface area (Å²) in [6.07, 6.45) is 0.475. The van der Waals surface area contributed by atoms with Crippen molar-refractivity contribution in [2.75, 3.05) is 5.32 Å². The van der Waals surface area contributed by atoms with Crippen molar-refractivity contribution >= 4 is 22.5 Å². The smallest absolute Gasteiger partial charge is 0.261 e. The van der Waals surface area contributed by atoms with Crippen LogP contribution in [-0.2, 0) is 10.8 Å². The lowest BCUT2D eigenvalue weighted by molar-refractivity contribution is -0.0450. The molecule has 0 saturated heterocycles. The van der Waals surface area contributed by atoms with E-state index in [1.165, 1.54) is 6.20 Å². The molecule has 1 atom stereocenters. The van der Waals surface area contributed by atoms with Crippen molar-refractivity contribution in [3.8, 4) is 5.75 Å². The van der Waals surface area contributed by atoms with Gasteiger partial charge in [0.1, 0.15) is 11.3 Å². The van der Waals surface area contributed by atoms with Gasteiger partial charge < -0.3 is 20.1 Å². The fourth-order valence-corrected chi connectivity index (χ4v) is 3.83. The van der Waals surface area contributed by atoms with Crippen LogP contribution in [0.25, 0.3) is 10.9 Å². The predicted molar refractivity (Wildman–Crippen MR) is 117 cm³/mol. The van der Waals surface area contributed by atoms with Gasteiger partial charge in [0.25, 0.3) is 5.91 Å². The van der Waals surface area contributed by atoms with Gasteiger partial charge in [-0.25, -0.2) is 0 Å². The molecular formula is C24H26N2O4. The molecule has 0 radical (unpaired) electrons. The third-order valence-corrected chi connectivity index (χ3v) is 5.76. The summed E-state index contributed by atoms with van der Waals surface area (Å²) in [5, 5.41) is 13.7. The summed E-state index contributed by atoms with van der Waals surface area (Å²) in [5.74, 6) is 0.0356. The van der Waals surface area contributed by atoms with Gasteiger partial charge in [0.15, 0.2) is 0 Å². The van der Waals surface area contributed by atoms with Crippen molar-refractivity contribution < 1.29 is 14.6 Å². The first kappa shape index (κ1) is 20.2. The Kier molecular flexibility index (Phi) is 4.51. The molecule has 6 heteroatoms. The number of H-pyrrole nitrogens is 1. The zero-order valence-electron chi connectivity index (χ0n) is 17.8. The Labute approximate surface area is 174 Å². The Balaban J connectivity index is 1.79. The van der Waals surface area contributed by atoms with E-state index in [4.69, 9.17) is 4.74 Å². The molecule has 0 fully saturated rings. The van der Waals surface area contributed by atoms with E-state index < -0.39 is 17.6 Å². The standard InChI is InChI=1S/C24H26N2O4/c1-23(2,3)15-10-16-19(30-22(29)24(16,4)5)11-18(15)26-21(28)14-12-25-17-9-7-6-8-13(17)20(14)27/h6-12,22,29H,1-5H3,(H,25,27)(H,26,28). The molecule has 1 unspecified atom stereocenters. The van der Waals surface area contributed by atoms with E-state index in [1.54, 1.807) is 24.3 Å². The average Bonchev–Trinajstić information content (AvgIpc) is 2.89. The van der Waals surface area contributed by atoms with Crippen molar-refractivity contribution in [1.82, 2.24) is 4.98 Å². The number of pyridine rings is 1. The van der Waals surface area contributed by atoms with Crippen LogP contribution in [0.1, 0.15) is 56.1 Å². The number of benzene rings is 2.